The molecule has 1 amide bonds. The Hall–Kier alpha value is -1.08. The van der Waals surface area contributed by atoms with Crippen molar-refractivity contribution in [2.75, 3.05) is 6.54 Å². The van der Waals surface area contributed by atoms with E-state index in [2.05, 4.69) is 5.32 Å². The Morgan fingerprint density at radius 1 is 1.62 bits per heavy atom. The maximum absolute atomic E-state index is 11.2. The first-order valence-corrected chi connectivity index (χ1v) is 4.48. The number of hydrogen-bond donors (Lipinski definition) is 2. The van der Waals surface area contributed by atoms with Crippen molar-refractivity contribution in [2.24, 2.45) is 11.7 Å². The number of amides is 1. The molecular weight excluding hydrogens is 166 g/mol. The molecule has 13 heavy (non-hydrogen) atoms. The highest BCUT2D eigenvalue weighted by Crippen LogP contribution is 2.02. The fraction of sp³-hybridized carbons (Fsp3) is 0.778. The predicted octanol–water partition coefficient (Wildman–Crippen LogP) is 0.390. The van der Waals surface area contributed by atoms with E-state index in [1.54, 1.807) is 0 Å². The Morgan fingerprint density at radius 2 is 2.23 bits per heavy atom. The molecule has 0 spiro atoms. The second kappa shape index (κ2) is 6.44. The van der Waals surface area contributed by atoms with Gasteiger partial charge in [0.2, 0.25) is 5.91 Å². The van der Waals surface area contributed by atoms with Gasteiger partial charge in [0.25, 0.3) is 0 Å². The van der Waals surface area contributed by atoms with Gasteiger partial charge in [-0.05, 0) is 12.3 Å². The van der Waals surface area contributed by atoms with Crippen LogP contribution in [0.2, 0.25) is 0 Å². The minimum Gasteiger partial charge on any atom is -0.354 e. The molecule has 0 saturated carbocycles. The molecule has 74 valence electrons. The van der Waals surface area contributed by atoms with Crippen LogP contribution in [0.5, 0.6) is 0 Å². The van der Waals surface area contributed by atoms with Gasteiger partial charge in [-0.3, -0.25) is 4.79 Å². The van der Waals surface area contributed by atoms with Crippen molar-refractivity contribution in [2.45, 2.75) is 32.7 Å². The lowest BCUT2D eigenvalue weighted by Gasteiger charge is -2.13. The fourth-order valence-corrected chi connectivity index (χ4v) is 0.988. The van der Waals surface area contributed by atoms with Crippen molar-refractivity contribution in [1.29, 1.82) is 5.26 Å². The number of rotatable bonds is 5. The number of hydrogen-bond acceptors (Lipinski definition) is 3. The summed E-state index contributed by atoms with van der Waals surface area (Å²) in [6.07, 6.45) is 1.01. The van der Waals surface area contributed by atoms with Crippen molar-refractivity contribution in [1.82, 2.24) is 5.32 Å². The third-order valence-electron chi connectivity index (χ3n) is 1.60. The van der Waals surface area contributed by atoms with Crippen LogP contribution in [-0.4, -0.2) is 18.5 Å². The average Bonchev–Trinajstić information content (AvgIpc) is 2.03. The van der Waals surface area contributed by atoms with Gasteiger partial charge in [-0.2, -0.15) is 5.26 Å². The molecule has 0 heterocycles. The van der Waals surface area contributed by atoms with Crippen LogP contribution in [0.3, 0.4) is 0 Å². The second-order valence-corrected chi connectivity index (χ2v) is 3.44. The molecule has 0 aliphatic heterocycles. The second-order valence-electron chi connectivity index (χ2n) is 3.44. The van der Waals surface area contributed by atoms with E-state index in [9.17, 15) is 4.79 Å². The van der Waals surface area contributed by atoms with Crippen molar-refractivity contribution in [3.63, 3.8) is 0 Å². The van der Waals surface area contributed by atoms with Gasteiger partial charge in [0.15, 0.2) is 0 Å². The molecule has 0 saturated heterocycles. The summed E-state index contributed by atoms with van der Waals surface area (Å²) in [6, 6.07) is 1.50. The van der Waals surface area contributed by atoms with E-state index < -0.39 is 6.04 Å². The number of nitriles is 1. The minimum atomic E-state index is -0.446. The molecular formula is C9H17N3O. The van der Waals surface area contributed by atoms with E-state index in [1.807, 2.05) is 19.9 Å². The maximum atomic E-state index is 11.2. The molecule has 4 nitrogen and oxygen atoms in total. The summed E-state index contributed by atoms with van der Waals surface area (Å²) in [5, 5.41) is 10.8. The van der Waals surface area contributed by atoms with Gasteiger partial charge < -0.3 is 11.1 Å². The van der Waals surface area contributed by atoms with Gasteiger partial charge in [0.05, 0.1) is 18.5 Å². The Bertz CT molecular complexity index is 196. The largest absolute Gasteiger partial charge is 0.354 e. The van der Waals surface area contributed by atoms with Crippen molar-refractivity contribution in [3.8, 4) is 6.07 Å². The van der Waals surface area contributed by atoms with Crippen LogP contribution >= 0.6 is 0 Å². The van der Waals surface area contributed by atoms with Crippen LogP contribution < -0.4 is 11.1 Å². The van der Waals surface area contributed by atoms with Crippen LogP contribution in [0.15, 0.2) is 0 Å². The molecule has 0 rings (SSSR count). The summed E-state index contributed by atoms with van der Waals surface area (Å²) >= 11 is 0. The number of nitrogens with zero attached hydrogens (tertiary/aromatic N) is 1. The SMILES string of the molecule is CC(C)C[C@@H](N)C(=O)NCCC#N. The molecule has 0 fully saturated rings. The first-order chi connectivity index (χ1) is 6.07. The first kappa shape index (κ1) is 11.9. The van der Waals surface area contributed by atoms with Gasteiger partial charge >= 0.3 is 0 Å². The number of nitrogens with one attached hydrogen (secondary N) is 1. The summed E-state index contributed by atoms with van der Waals surface area (Å²) in [4.78, 5) is 11.2. The highest BCUT2D eigenvalue weighted by atomic mass is 16.2. The molecule has 0 unspecified atom stereocenters. The van der Waals surface area contributed by atoms with Crippen LogP contribution in [0, 0.1) is 17.2 Å². The number of carbonyl (C=O) groups excluding carboxylic acids is 1. The van der Waals surface area contributed by atoms with E-state index in [1.165, 1.54) is 0 Å². The van der Waals surface area contributed by atoms with Gasteiger partial charge in [0.1, 0.15) is 0 Å². The van der Waals surface area contributed by atoms with Gasteiger partial charge in [0, 0.05) is 6.54 Å². The molecule has 0 aliphatic carbocycles. The smallest absolute Gasteiger partial charge is 0.236 e. The predicted molar refractivity (Wildman–Crippen MR) is 50.7 cm³/mol. The molecule has 3 N–H and O–H groups in total. The van der Waals surface area contributed by atoms with E-state index in [-0.39, 0.29) is 5.91 Å². The summed E-state index contributed by atoms with van der Waals surface area (Å²) in [6.45, 7) is 4.42. The molecule has 0 aromatic rings. The molecule has 0 aromatic carbocycles. The van der Waals surface area contributed by atoms with E-state index in [4.69, 9.17) is 11.0 Å². The van der Waals surface area contributed by atoms with E-state index in [0.717, 1.165) is 0 Å². The molecule has 4 heteroatoms. The van der Waals surface area contributed by atoms with Crippen LogP contribution in [0.4, 0.5) is 0 Å². The highest BCUT2D eigenvalue weighted by Gasteiger charge is 2.13. The number of nitrogens with two attached hydrogens (primary N) is 1. The monoisotopic (exact) mass is 183 g/mol. The molecule has 0 aliphatic rings. The summed E-state index contributed by atoms with van der Waals surface area (Å²) in [5.74, 6) is 0.251. The maximum Gasteiger partial charge on any atom is 0.236 e. The average molecular weight is 183 g/mol. The van der Waals surface area contributed by atoms with Crippen molar-refractivity contribution >= 4 is 5.91 Å². The van der Waals surface area contributed by atoms with E-state index >= 15 is 0 Å². The van der Waals surface area contributed by atoms with Crippen molar-refractivity contribution < 1.29 is 4.79 Å². The van der Waals surface area contributed by atoms with Crippen LogP contribution in [0.25, 0.3) is 0 Å². The Balaban J connectivity index is 3.64. The Labute approximate surface area is 79.1 Å². The first-order valence-electron chi connectivity index (χ1n) is 4.48. The summed E-state index contributed by atoms with van der Waals surface area (Å²) in [5.41, 5.74) is 5.61. The Kier molecular flexibility index (Phi) is 5.90. The van der Waals surface area contributed by atoms with Crippen LogP contribution in [0.1, 0.15) is 26.7 Å². The molecule has 0 aromatic heterocycles. The zero-order valence-corrected chi connectivity index (χ0v) is 8.21. The fourth-order valence-electron chi connectivity index (χ4n) is 0.988. The van der Waals surface area contributed by atoms with Gasteiger partial charge in [-0.1, -0.05) is 13.8 Å². The molecule has 1 atom stereocenters. The minimum absolute atomic E-state index is 0.163. The van der Waals surface area contributed by atoms with Gasteiger partial charge in [-0.15, -0.1) is 0 Å². The van der Waals surface area contributed by atoms with E-state index in [0.29, 0.717) is 25.3 Å². The highest BCUT2D eigenvalue weighted by molar-refractivity contribution is 5.81. The Morgan fingerprint density at radius 3 is 2.69 bits per heavy atom. The van der Waals surface area contributed by atoms with Crippen molar-refractivity contribution in [3.05, 3.63) is 0 Å². The topological polar surface area (TPSA) is 78.9 Å². The van der Waals surface area contributed by atoms with Gasteiger partial charge in [-0.25, -0.2) is 0 Å². The molecule has 0 radical (unpaired) electrons. The lowest BCUT2D eigenvalue weighted by Crippen LogP contribution is -2.41. The zero-order chi connectivity index (χ0) is 10.3. The van der Waals surface area contributed by atoms with Crippen LogP contribution in [-0.2, 0) is 4.79 Å². The summed E-state index contributed by atoms with van der Waals surface area (Å²) in [7, 11) is 0. The number of carbonyl (C=O) groups is 1. The quantitative estimate of drug-likeness (QED) is 0.605. The normalized spacial score (nSPS) is 12.2. The lowest BCUT2D eigenvalue weighted by molar-refractivity contribution is -0.122. The molecule has 0 bridgehead atoms. The zero-order valence-electron chi connectivity index (χ0n) is 8.21. The third-order valence-corrected chi connectivity index (χ3v) is 1.60. The third kappa shape index (κ3) is 6.12. The standard InChI is InChI=1S/C9H17N3O/c1-7(2)6-8(11)9(13)12-5-3-4-10/h7-8H,3,5-6,11H2,1-2H3,(H,12,13)/t8-/m1/s1. The lowest BCUT2D eigenvalue weighted by atomic mass is 10.0. The summed E-state index contributed by atoms with van der Waals surface area (Å²) < 4.78 is 0.